The molecule has 1 aliphatic carbocycles. The number of hydrogen-bond acceptors (Lipinski definition) is 4. The maximum atomic E-state index is 11.6. The molecule has 5 nitrogen and oxygen atoms in total. The number of fused-ring (bicyclic) bond motifs is 1. The highest BCUT2D eigenvalue weighted by Crippen LogP contribution is 2.44. The number of ether oxygens (including phenoxy) is 1. The van der Waals surface area contributed by atoms with E-state index in [9.17, 15) is 15.0 Å². The zero-order valence-corrected chi connectivity index (χ0v) is 19.3. The summed E-state index contributed by atoms with van der Waals surface area (Å²) in [5.74, 6) is -0.632. The Morgan fingerprint density at radius 3 is 2.48 bits per heavy atom. The average Bonchev–Trinajstić information content (AvgIpc) is 3.63. The van der Waals surface area contributed by atoms with E-state index in [0.29, 0.717) is 18.0 Å². The van der Waals surface area contributed by atoms with Crippen molar-refractivity contribution in [1.82, 2.24) is 5.32 Å². The largest absolute Gasteiger partial charge is 0.478 e. The van der Waals surface area contributed by atoms with Gasteiger partial charge in [-0.05, 0) is 67.0 Å². The van der Waals surface area contributed by atoms with Gasteiger partial charge in [0.1, 0.15) is 0 Å². The first-order valence-corrected chi connectivity index (χ1v) is 11.7. The van der Waals surface area contributed by atoms with Crippen LogP contribution in [0.2, 0.25) is 0 Å². The molecule has 1 fully saturated rings. The van der Waals surface area contributed by atoms with Gasteiger partial charge >= 0.3 is 5.97 Å². The SMILES string of the molecule is CC(C)(Cc1ccc2ccccc2c1)NC[C@@H](O)COC(c1ccccc1C(=O)O)C1CC1. The van der Waals surface area contributed by atoms with Gasteiger partial charge in [-0.1, -0.05) is 60.7 Å². The summed E-state index contributed by atoms with van der Waals surface area (Å²) >= 11 is 0. The van der Waals surface area contributed by atoms with Crippen LogP contribution in [0.3, 0.4) is 0 Å². The van der Waals surface area contributed by atoms with Gasteiger partial charge in [0.25, 0.3) is 0 Å². The summed E-state index contributed by atoms with van der Waals surface area (Å²) in [6.45, 7) is 4.82. The molecule has 5 heteroatoms. The van der Waals surface area contributed by atoms with Gasteiger partial charge in [0.15, 0.2) is 0 Å². The minimum Gasteiger partial charge on any atom is -0.478 e. The van der Waals surface area contributed by atoms with E-state index < -0.39 is 12.1 Å². The number of benzene rings is 3. The van der Waals surface area contributed by atoms with Crippen LogP contribution in [-0.2, 0) is 11.2 Å². The standard InChI is InChI=1S/C28H33NO4/c1-28(2,16-19-11-12-20-7-3-4-8-22(20)15-19)29-17-23(30)18-33-26(21-13-14-21)24-9-5-6-10-25(24)27(31)32/h3-12,15,21,23,26,29-30H,13-14,16-18H2,1-2H3,(H,31,32)/t23-,26?/m1/s1. The lowest BCUT2D eigenvalue weighted by molar-refractivity contribution is -0.0215. The Morgan fingerprint density at radius 1 is 1.06 bits per heavy atom. The molecule has 0 radical (unpaired) electrons. The van der Waals surface area contributed by atoms with E-state index in [0.717, 1.165) is 19.3 Å². The lowest BCUT2D eigenvalue weighted by atomic mass is 9.93. The van der Waals surface area contributed by atoms with Crippen LogP contribution in [0.4, 0.5) is 0 Å². The van der Waals surface area contributed by atoms with E-state index in [2.05, 4.69) is 55.6 Å². The summed E-state index contributed by atoms with van der Waals surface area (Å²) < 4.78 is 6.08. The Hall–Kier alpha value is -2.73. The molecule has 3 N–H and O–H groups in total. The van der Waals surface area contributed by atoms with E-state index in [-0.39, 0.29) is 23.8 Å². The smallest absolute Gasteiger partial charge is 0.336 e. The highest BCUT2D eigenvalue weighted by Gasteiger charge is 2.35. The second kappa shape index (κ2) is 10.0. The van der Waals surface area contributed by atoms with Crippen LogP contribution in [-0.4, -0.2) is 41.0 Å². The molecule has 0 heterocycles. The first-order chi connectivity index (χ1) is 15.8. The summed E-state index contributed by atoms with van der Waals surface area (Å²) in [6.07, 6.45) is 1.90. The van der Waals surface area contributed by atoms with Gasteiger partial charge in [-0.3, -0.25) is 0 Å². The minimum atomic E-state index is -0.947. The molecule has 3 aromatic rings. The van der Waals surface area contributed by atoms with Gasteiger partial charge < -0.3 is 20.3 Å². The van der Waals surface area contributed by atoms with E-state index in [4.69, 9.17) is 4.74 Å². The highest BCUT2D eigenvalue weighted by molar-refractivity contribution is 5.89. The molecule has 0 aromatic heterocycles. The quantitative estimate of drug-likeness (QED) is 0.386. The number of β-amino-alcohol motifs (C(OH)–C–C–N with tert-alkyl or cyclic N) is 1. The number of rotatable bonds is 11. The molecule has 0 bridgehead atoms. The molecule has 0 spiro atoms. The topological polar surface area (TPSA) is 78.8 Å². The lowest BCUT2D eigenvalue weighted by Crippen LogP contribution is -2.46. The molecule has 1 saturated carbocycles. The number of hydrogen-bond donors (Lipinski definition) is 3. The van der Waals surface area contributed by atoms with Crippen molar-refractivity contribution in [2.75, 3.05) is 13.2 Å². The second-order valence-electron chi connectivity index (χ2n) is 9.76. The molecular weight excluding hydrogens is 414 g/mol. The van der Waals surface area contributed by atoms with Gasteiger partial charge in [0.2, 0.25) is 0 Å². The van der Waals surface area contributed by atoms with Crippen LogP contribution in [0, 0.1) is 5.92 Å². The van der Waals surface area contributed by atoms with Crippen molar-refractivity contribution < 1.29 is 19.7 Å². The molecule has 1 unspecified atom stereocenters. The summed E-state index contributed by atoms with van der Waals surface area (Å²) in [6, 6.07) is 21.9. The molecule has 174 valence electrons. The Balaban J connectivity index is 1.32. The number of carboxylic acids is 1. The van der Waals surface area contributed by atoms with Gasteiger partial charge in [-0.25, -0.2) is 4.79 Å². The number of carboxylic acid groups (broad SMARTS) is 1. The van der Waals surface area contributed by atoms with E-state index in [1.807, 2.05) is 18.2 Å². The van der Waals surface area contributed by atoms with Crippen LogP contribution >= 0.6 is 0 Å². The van der Waals surface area contributed by atoms with Crippen molar-refractivity contribution in [3.8, 4) is 0 Å². The average molecular weight is 448 g/mol. The monoisotopic (exact) mass is 447 g/mol. The summed E-state index contributed by atoms with van der Waals surface area (Å²) in [7, 11) is 0. The molecule has 0 aliphatic heterocycles. The Morgan fingerprint density at radius 2 is 1.76 bits per heavy atom. The molecule has 2 atom stereocenters. The fourth-order valence-electron chi connectivity index (χ4n) is 4.41. The van der Waals surface area contributed by atoms with Crippen LogP contribution in [0.15, 0.2) is 66.7 Å². The Bertz CT molecular complexity index is 1110. The Kier molecular flexibility index (Phi) is 7.13. The summed E-state index contributed by atoms with van der Waals surface area (Å²) in [4.78, 5) is 11.6. The summed E-state index contributed by atoms with van der Waals surface area (Å²) in [5.41, 5.74) is 2.02. The molecule has 1 aliphatic rings. The zero-order chi connectivity index (χ0) is 23.4. The number of aliphatic hydroxyl groups excluding tert-OH is 1. The van der Waals surface area contributed by atoms with Crippen molar-refractivity contribution in [3.05, 3.63) is 83.4 Å². The maximum absolute atomic E-state index is 11.6. The molecule has 0 amide bonds. The van der Waals surface area contributed by atoms with Crippen molar-refractivity contribution in [2.45, 2.75) is 50.9 Å². The first kappa shape index (κ1) is 23.4. The van der Waals surface area contributed by atoms with Gasteiger partial charge in [0.05, 0.1) is 24.4 Å². The number of aliphatic hydroxyl groups is 1. The zero-order valence-electron chi connectivity index (χ0n) is 19.3. The van der Waals surface area contributed by atoms with Crippen LogP contribution in [0.25, 0.3) is 10.8 Å². The molecule has 3 aromatic carbocycles. The van der Waals surface area contributed by atoms with Gasteiger partial charge in [0, 0.05) is 12.1 Å². The van der Waals surface area contributed by atoms with Crippen LogP contribution < -0.4 is 5.32 Å². The van der Waals surface area contributed by atoms with E-state index in [1.54, 1.807) is 12.1 Å². The van der Waals surface area contributed by atoms with E-state index >= 15 is 0 Å². The maximum Gasteiger partial charge on any atom is 0.336 e. The molecule has 0 saturated heterocycles. The third-order valence-electron chi connectivity index (χ3n) is 6.29. The normalized spacial score (nSPS) is 16.0. The summed E-state index contributed by atoms with van der Waals surface area (Å²) in [5, 5.41) is 26.1. The fraction of sp³-hybridized carbons (Fsp3) is 0.393. The Labute approximate surface area is 195 Å². The first-order valence-electron chi connectivity index (χ1n) is 11.7. The van der Waals surface area contributed by atoms with E-state index in [1.165, 1.54) is 16.3 Å². The predicted molar refractivity (Wildman–Crippen MR) is 131 cm³/mol. The minimum absolute atomic E-state index is 0.161. The number of carbonyl (C=O) groups is 1. The third-order valence-corrected chi connectivity index (χ3v) is 6.29. The van der Waals surface area contributed by atoms with Crippen LogP contribution in [0.1, 0.15) is 54.3 Å². The van der Waals surface area contributed by atoms with Crippen molar-refractivity contribution in [1.29, 1.82) is 0 Å². The fourth-order valence-corrected chi connectivity index (χ4v) is 4.41. The van der Waals surface area contributed by atoms with Gasteiger partial charge in [-0.15, -0.1) is 0 Å². The molecular formula is C28H33NO4. The lowest BCUT2D eigenvalue weighted by Gasteiger charge is -2.29. The molecule has 4 rings (SSSR count). The number of aromatic carboxylic acids is 1. The highest BCUT2D eigenvalue weighted by atomic mass is 16.5. The van der Waals surface area contributed by atoms with Crippen molar-refractivity contribution in [3.63, 3.8) is 0 Å². The predicted octanol–water partition coefficient (Wildman–Crippen LogP) is 4.98. The third kappa shape index (κ3) is 6.20. The van der Waals surface area contributed by atoms with Crippen molar-refractivity contribution in [2.24, 2.45) is 5.92 Å². The van der Waals surface area contributed by atoms with Crippen molar-refractivity contribution >= 4 is 16.7 Å². The molecule has 33 heavy (non-hydrogen) atoms. The van der Waals surface area contributed by atoms with Crippen LogP contribution in [0.5, 0.6) is 0 Å². The second-order valence-corrected chi connectivity index (χ2v) is 9.76. The number of nitrogens with one attached hydrogen (secondary N) is 1. The van der Waals surface area contributed by atoms with Gasteiger partial charge in [-0.2, -0.15) is 0 Å².